The predicted octanol–water partition coefficient (Wildman–Crippen LogP) is 1.55. The van der Waals surface area contributed by atoms with Crippen molar-refractivity contribution in [1.29, 1.82) is 0 Å². The van der Waals surface area contributed by atoms with Crippen LogP contribution < -0.4 is 10.2 Å². The van der Waals surface area contributed by atoms with Crippen LogP contribution in [0.15, 0.2) is 6.07 Å². The van der Waals surface area contributed by atoms with Gasteiger partial charge in [-0.25, -0.2) is 4.98 Å². The summed E-state index contributed by atoms with van der Waals surface area (Å²) in [7, 11) is 0. The molecule has 26 heavy (non-hydrogen) atoms. The number of anilines is 2. The van der Waals surface area contributed by atoms with Gasteiger partial charge in [-0.1, -0.05) is 13.8 Å². The Kier molecular flexibility index (Phi) is 7.05. The summed E-state index contributed by atoms with van der Waals surface area (Å²) in [6.45, 7) is 12.0. The van der Waals surface area contributed by atoms with Gasteiger partial charge in [-0.2, -0.15) is 4.98 Å². The fourth-order valence-corrected chi connectivity index (χ4v) is 3.74. The second-order valence-corrected chi connectivity index (χ2v) is 7.72. The quantitative estimate of drug-likeness (QED) is 0.761. The van der Waals surface area contributed by atoms with Crippen molar-refractivity contribution in [2.24, 2.45) is 5.92 Å². The van der Waals surface area contributed by atoms with Crippen molar-refractivity contribution in [3.8, 4) is 0 Å². The molecule has 0 amide bonds. The Hall–Kier alpha value is -1.44. The van der Waals surface area contributed by atoms with E-state index in [2.05, 4.69) is 40.0 Å². The molecule has 0 aliphatic carbocycles. The smallest absolute Gasteiger partial charge is 0.224 e. The molecular weight excluding hydrogens is 330 g/mol. The predicted molar refractivity (Wildman–Crippen MR) is 104 cm³/mol. The molecule has 0 bridgehead atoms. The fraction of sp³-hybridized carbons (Fsp3) is 0.789. The standard InChI is InChI=1S/C19H33N5O2/c1-15(2)13-23-6-3-7-24(9-8-23)18-12-17(16-4-11-26-14-16)21-19(22-18)20-5-10-25/h12,15-16,25H,3-11,13-14H2,1-2H3,(H,20,21,22)/t16-/m1/s1. The minimum Gasteiger partial charge on any atom is -0.395 e. The van der Waals surface area contributed by atoms with Gasteiger partial charge in [-0.3, -0.25) is 0 Å². The van der Waals surface area contributed by atoms with Crippen LogP contribution in [0, 0.1) is 5.92 Å². The summed E-state index contributed by atoms with van der Waals surface area (Å²) in [5.41, 5.74) is 1.05. The van der Waals surface area contributed by atoms with E-state index < -0.39 is 0 Å². The van der Waals surface area contributed by atoms with Crippen LogP contribution in [0.2, 0.25) is 0 Å². The van der Waals surface area contributed by atoms with Crippen LogP contribution in [0.1, 0.15) is 38.3 Å². The third kappa shape index (κ3) is 5.28. The van der Waals surface area contributed by atoms with Crippen molar-refractivity contribution >= 4 is 11.8 Å². The Bertz CT molecular complexity index is 563. The SMILES string of the molecule is CC(C)CN1CCCN(c2cc([C@@H]3CCOC3)nc(NCCO)n2)CC1. The highest BCUT2D eigenvalue weighted by atomic mass is 16.5. The van der Waals surface area contributed by atoms with Crippen molar-refractivity contribution in [1.82, 2.24) is 14.9 Å². The van der Waals surface area contributed by atoms with Crippen LogP contribution in [0.25, 0.3) is 0 Å². The molecule has 2 saturated heterocycles. The topological polar surface area (TPSA) is 73.8 Å². The Morgan fingerprint density at radius 1 is 1.27 bits per heavy atom. The molecule has 2 aliphatic rings. The second-order valence-electron chi connectivity index (χ2n) is 7.72. The molecule has 1 atom stereocenters. The summed E-state index contributed by atoms with van der Waals surface area (Å²) in [5, 5.41) is 12.2. The van der Waals surface area contributed by atoms with E-state index in [0.717, 1.165) is 70.3 Å². The van der Waals surface area contributed by atoms with Crippen LogP contribution >= 0.6 is 0 Å². The number of hydrogen-bond donors (Lipinski definition) is 2. The van der Waals surface area contributed by atoms with Gasteiger partial charge < -0.3 is 25.0 Å². The zero-order valence-corrected chi connectivity index (χ0v) is 16.2. The minimum atomic E-state index is 0.0728. The molecular formula is C19H33N5O2. The van der Waals surface area contributed by atoms with E-state index in [4.69, 9.17) is 14.8 Å². The van der Waals surface area contributed by atoms with E-state index in [1.54, 1.807) is 0 Å². The lowest BCUT2D eigenvalue weighted by Gasteiger charge is -2.24. The van der Waals surface area contributed by atoms with Crippen LogP contribution in [0.3, 0.4) is 0 Å². The average Bonchev–Trinajstić information content (AvgIpc) is 3.07. The van der Waals surface area contributed by atoms with E-state index >= 15 is 0 Å². The highest BCUT2D eigenvalue weighted by molar-refractivity contribution is 5.46. The van der Waals surface area contributed by atoms with Gasteiger partial charge in [0, 0.05) is 51.3 Å². The first kappa shape index (κ1) is 19.3. The molecule has 146 valence electrons. The molecule has 0 unspecified atom stereocenters. The molecule has 0 saturated carbocycles. The van der Waals surface area contributed by atoms with Crippen molar-refractivity contribution in [2.45, 2.75) is 32.6 Å². The van der Waals surface area contributed by atoms with Gasteiger partial charge in [0.15, 0.2) is 0 Å². The number of rotatable bonds is 7. The van der Waals surface area contributed by atoms with Crippen LogP contribution in [-0.4, -0.2) is 79.1 Å². The first-order chi connectivity index (χ1) is 12.7. The summed E-state index contributed by atoms with van der Waals surface area (Å²) >= 11 is 0. The lowest BCUT2D eigenvalue weighted by Crippen LogP contribution is -2.33. The van der Waals surface area contributed by atoms with Crippen molar-refractivity contribution in [3.05, 3.63) is 11.8 Å². The number of hydrogen-bond acceptors (Lipinski definition) is 7. The van der Waals surface area contributed by atoms with Crippen molar-refractivity contribution in [2.75, 3.05) is 69.3 Å². The number of ether oxygens (including phenoxy) is 1. The number of aliphatic hydroxyl groups excluding tert-OH is 1. The van der Waals surface area contributed by atoms with E-state index in [-0.39, 0.29) is 6.61 Å². The van der Waals surface area contributed by atoms with Gasteiger partial charge in [0.05, 0.1) is 18.9 Å². The van der Waals surface area contributed by atoms with E-state index in [1.807, 2.05) is 0 Å². The van der Waals surface area contributed by atoms with E-state index in [9.17, 15) is 0 Å². The van der Waals surface area contributed by atoms with Crippen molar-refractivity contribution < 1.29 is 9.84 Å². The maximum absolute atomic E-state index is 9.11. The summed E-state index contributed by atoms with van der Waals surface area (Å²) in [5.74, 6) is 2.65. The lowest BCUT2D eigenvalue weighted by atomic mass is 10.0. The molecule has 0 aromatic carbocycles. The van der Waals surface area contributed by atoms with Gasteiger partial charge >= 0.3 is 0 Å². The molecule has 1 aromatic rings. The zero-order valence-electron chi connectivity index (χ0n) is 16.2. The molecule has 2 aliphatic heterocycles. The average molecular weight is 364 g/mol. The molecule has 7 heteroatoms. The second kappa shape index (κ2) is 9.48. The number of nitrogens with one attached hydrogen (secondary N) is 1. The maximum Gasteiger partial charge on any atom is 0.224 e. The monoisotopic (exact) mass is 363 g/mol. The van der Waals surface area contributed by atoms with Crippen LogP contribution in [-0.2, 0) is 4.74 Å². The summed E-state index contributed by atoms with van der Waals surface area (Å²) in [6.07, 6.45) is 2.16. The fourth-order valence-electron chi connectivity index (χ4n) is 3.74. The van der Waals surface area contributed by atoms with Crippen LogP contribution in [0.4, 0.5) is 11.8 Å². The van der Waals surface area contributed by atoms with Gasteiger partial charge in [-0.05, 0) is 25.3 Å². The molecule has 7 nitrogen and oxygen atoms in total. The Morgan fingerprint density at radius 2 is 2.15 bits per heavy atom. The largest absolute Gasteiger partial charge is 0.395 e. The normalized spacial score (nSPS) is 22.0. The zero-order chi connectivity index (χ0) is 18.4. The number of aromatic nitrogens is 2. The molecule has 3 rings (SSSR count). The summed E-state index contributed by atoms with van der Waals surface area (Å²) in [4.78, 5) is 14.3. The minimum absolute atomic E-state index is 0.0728. The Balaban J connectivity index is 1.75. The van der Waals surface area contributed by atoms with Gasteiger partial charge in [0.1, 0.15) is 5.82 Å². The summed E-state index contributed by atoms with van der Waals surface area (Å²) < 4.78 is 5.55. The van der Waals surface area contributed by atoms with E-state index in [1.165, 1.54) is 0 Å². The maximum atomic E-state index is 9.11. The third-order valence-corrected chi connectivity index (χ3v) is 5.01. The molecule has 0 spiro atoms. The first-order valence-corrected chi connectivity index (χ1v) is 9.94. The van der Waals surface area contributed by atoms with Crippen LogP contribution in [0.5, 0.6) is 0 Å². The lowest BCUT2D eigenvalue weighted by molar-refractivity contribution is 0.193. The Labute approximate surface area is 156 Å². The molecule has 1 aromatic heterocycles. The molecule has 3 heterocycles. The highest BCUT2D eigenvalue weighted by Gasteiger charge is 2.23. The van der Waals surface area contributed by atoms with Gasteiger partial charge in [0.25, 0.3) is 0 Å². The van der Waals surface area contributed by atoms with Gasteiger partial charge in [-0.15, -0.1) is 0 Å². The first-order valence-electron chi connectivity index (χ1n) is 9.94. The number of nitrogens with zero attached hydrogens (tertiary/aromatic N) is 4. The van der Waals surface area contributed by atoms with Gasteiger partial charge in [0.2, 0.25) is 5.95 Å². The Morgan fingerprint density at radius 3 is 2.88 bits per heavy atom. The highest BCUT2D eigenvalue weighted by Crippen LogP contribution is 2.27. The molecule has 0 radical (unpaired) electrons. The summed E-state index contributed by atoms with van der Waals surface area (Å²) in [6, 6.07) is 2.14. The molecule has 2 fully saturated rings. The van der Waals surface area contributed by atoms with E-state index in [0.29, 0.717) is 24.3 Å². The van der Waals surface area contributed by atoms with Crippen molar-refractivity contribution in [3.63, 3.8) is 0 Å². The number of aliphatic hydroxyl groups is 1. The molecule has 2 N–H and O–H groups in total. The third-order valence-electron chi connectivity index (χ3n) is 5.01.